The van der Waals surface area contributed by atoms with Crippen molar-refractivity contribution in [3.63, 3.8) is 0 Å². The van der Waals surface area contributed by atoms with Crippen molar-refractivity contribution < 1.29 is 4.52 Å². The minimum atomic E-state index is 0. The molecular formula is C17H29ClN6O. The number of hydrogen-bond acceptors (Lipinski definition) is 6. The molecule has 0 aliphatic carbocycles. The lowest BCUT2D eigenvalue weighted by Gasteiger charge is -2.30. The molecule has 7 nitrogen and oxygen atoms in total. The molecule has 3 heterocycles. The number of aryl methyl sites for hydroxylation is 1. The van der Waals surface area contributed by atoms with Gasteiger partial charge < -0.3 is 9.84 Å². The highest BCUT2D eigenvalue weighted by Crippen LogP contribution is 2.21. The fraction of sp³-hybridized carbons (Fsp3) is 0.706. The number of likely N-dealkylation sites (N-methyl/N-ethyl adjacent to an activating group) is 1. The molecule has 1 aliphatic rings. The lowest BCUT2D eigenvalue weighted by Crippen LogP contribution is -2.44. The van der Waals surface area contributed by atoms with E-state index in [1.807, 2.05) is 0 Å². The van der Waals surface area contributed by atoms with Gasteiger partial charge in [-0.25, -0.2) is 0 Å². The molecule has 0 aromatic carbocycles. The van der Waals surface area contributed by atoms with Crippen LogP contribution in [0.4, 0.5) is 0 Å². The zero-order chi connectivity index (χ0) is 17.3. The number of rotatable bonds is 5. The van der Waals surface area contributed by atoms with Crippen molar-refractivity contribution in [3.05, 3.63) is 28.7 Å². The Morgan fingerprint density at radius 2 is 2.08 bits per heavy atom. The van der Waals surface area contributed by atoms with Crippen molar-refractivity contribution >= 4 is 12.4 Å². The van der Waals surface area contributed by atoms with Crippen LogP contribution in [0.1, 0.15) is 48.6 Å². The maximum atomic E-state index is 5.52. The Bertz CT molecular complexity index is 695. The summed E-state index contributed by atoms with van der Waals surface area (Å²) in [5.41, 5.74) is 3.43. The first-order chi connectivity index (χ1) is 11.5. The molecule has 8 heteroatoms. The molecule has 1 atom stereocenters. The average Bonchev–Trinajstić information content (AvgIpc) is 3.08. The number of hydrogen-bond donors (Lipinski definition) is 1. The van der Waals surface area contributed by atoms with E-state index < -0.39 is 0 Å². The van der Waals surface area contributed by atoms with Gasteiger partial charge in [0.25, 0.3) is 0 Å². The Morgan fingerprint density at radius 1 is 1.32 bits per heavy atom. The smallest absolute Gasteiger partial charge is 0.231 e. The summed E-state index contributed by atoms with van der Waals surface area (Å²) >= 11 is 0. The summed E-state index contributed by atoms with van der Waals surface area (Å²) in [5.74, 6) is 2.00. The number of aromatic nitrogens is 4. The van der Waals surface area contributed by atoms with Crippen LogP contribution in [0.3, 0.4) is 0 Å². The Morgan fingerprint density at radius 3 is 2.76 bits per heavy atom. The van der Waals surface area contributed by atoms with Crippen molar-refractivity contribution in [2.75, 3.05) is 26.7 Å². The monoisotopic (exact) mass is 368 g/mol. The third-order valence-corrected chi connectivity index (χ3v) is 4.69. The van der Waals surface area contributed by atoms with Crippen LogP contribution in [-0.2, 0) is 13.0 Å². The van der Waals surface area contributed by atoms with Crippen LogP contribution >= 0.6 is 12.4 Å². The number of nitrogens with zero attached hydrogens (tertiary/aromatic N) is 5. The van der Waals surface area contributed by atoms with E-state index in [9.17, 15) is 0 Å². The first kappa shape index (κ1) is 19.9. The first-order valence-electron chi connectivity index (χ1n) is 8.72. The third kappa shape index (κ3) is 4.40. The van der Waals surface area contributed by atoms with Gasteiger partial charge in [-0.2, -0.15) is 10.1 Å². The summed E-state index contributed by atoms with van der Waals surface area (Å²) in [4.78, 5) is 6.90. The minimum Gasteiger partial charge on any atom is -0.339 e. The quantitative estimate of drug-likeness (QED) is 0.871. The predicted octanol–water partition coefficient (Wildman–Crippen LogP) is 2.13. The van der Waals surface area contributed by atoms with Crippen molar-refractivity contribution in [1.29, 1.82) is 0 Å². The normalized spacial score (nSPS) is 18.6. The second-order valence-corrected chi connectivity index (χ2v) is 7.15. The van der Waals surface area contributed by atoms with Crippen LogP contribution in [-0.4, -0.2) is 51.5 Å². The van der Waals surface area contributed by atoms with Gasteiger partial charge in [-0.15, -0.1) is 12.4 Å². The van der Waals surface area contributed by atoms with Crippen LogP contribution in [0, 0.1) is 19.8 Å². The molecular weight excluding hydrogens is 340 g/mol. The highest BCUT2D eigenvalue weighted by molar-refractivity contribution is 5.85. The second kappa shape index (κ2) is 8.29. The van der Waals surface area contributed by atoms with E-state index >= 15 is 0 Å². The highest BCUT2D eigenvalue weighted by Gasteiger charge is 2.25. The van der Waals surface area contributed by atoms with Crippen LogP contribution in [0.2, 0.25) is 0 Å². The topological polar surface area (TPSA) is 72.0 Å². The fourth-order valence-corrected chi connectivity index (χ4v) is 3.23. The van der Waals surface area contributed by atoms with E-state index in [0.717, 1.165) is 37.7 Å². The predicted molar refractivity (Wildman–Crippen MR) is 99.1 cm³/mol. The van der Waals surface area contributed by atoms with E-state index in [-0.39, 0.29) is 18.4 Å². The molecule has 0 radical (unpaired) electrons. The summed E-state index contributed by atoms with van der Waals surface area (Å²) in [6.07, 6.45) is 0.645. The average molecular weight is 369 g/mol. The molecule has 1 saturated heterocycles. The Labute approximate surface area is 155 Å². The Kier molecular flexibility index (Phi) is 6.59. The van der Waals surface area contributed by atoms with Gasteiger partial charge in [0.15, 0.2) is 5.82 Å². The molecule has 140 valence electrons. The summed E-state index contributed by atoms with van der Waals surface area (Å²) in [6, 6.07) is 0.183. The molecule has 25 heavy (non-hydrogen) atoms. The van der Waals surface area contributed by atoms with Gasteiger partial charge in [0, 0.05) is 37.4 Å². The lowest BCUT2D eigenvalue weighted by molar-refractivity contribution is 0.190. The first-order valence-corrected chi connectivity index (χ1v) is 8.72. The Hall–Kier alpha value is -1.44. The standard InChI is InChI=1S/C17H28N6O.ClH/c1-11(2)10-23-13(4)14(12(3)20-23)8-16-19-17(21-24-16)15-9-18-6-7-22(15)5;/h11,15,18H,6-10H2,1-5H3;1H. The zero-order valence-corrected chi connectivity index (χ0v) is 16.6. The second-order valence-electron chi connectivity index (χ2n) is 7.15. The summed E-state index contributed by atoms with van der Waals surface area (Å²) < 4.78 is 7.61. The van der Waals surface area contributed by atoms with Crippen molar-refractivity contribution in [2.45, 2.75) is 46.7 Å². The maximum absolute atomic E-state index is 5.52. The molecule has 1 unspecified atom stereocenters. The zero-order valence-electron chi connectivity index (χ0n) is 15.7. The molecule has 1 fully saturated rings. The van der Waals surface area contributed by atoms with Gasteiger partial charge >= 0.3 is 0 Å². The van der Waals surface area contributed by atoms with Gasteiger partial charge in [-0.3, -0.25) is 9.58 Å². The molecule has 2 aromatic rings. The van der Waals surface area contributed by atoms with E-state index in [2.05, 4.69) is 64.9 Å². The van der Waals surface area contributed by atoms with E-state index in [0.29, 0.717) is 18.2 Å². The number of halogens is 1. The molecule has 0 saturated carbocycles. The van der Waals surface area contributed by atoms with Crippen LogP contribution in [0.25, 0.3) is 0 Å². The number of nitrogens with one attached hydrogen (secondary N) is 1. The third-order valence-electron chi connectivity index (χ3n) is 4.69. The summed E-state index contributed by atoms with van der Waals surface area (Å²) in [7, 11) is 2.10. The molecule has 0 bridgehead atoms. The van der Waals surface area contributed by atoms with Gasteiger partial charge in [0.05, 0.1) is 18.2 Å². The number of piperazine rings is 1. The highest BCUT2D eigenvalue weighted by atomic mass is 35.5. The SMILES string of the molecule is Cc1nn(CC(C)C)c(C)c1Cc1nc(C2CNCCN2C)no1.Cl. The lowest BCUT2D eigenvalue weighted by atomic mass is 10.1. The van der Waals surface area contributed by atoms with Gasteiger partial charge in [-0.1, -0.05) is 19.0 Å². The van der Waals surface area contributed by atoms with Crippen molar-refractivity contribution in [2.24, 2.45) is 5.92 Å². The van der Waals surface area contributed by atoms with E-state index in [1.165, 1.54) is 11.3 Å². The van der Waals surface area contributed by atoms with E-state index in [4.69, 9.17) is 4.52 Å². The largest absolute Gasteiger partial charge is 0.339 e. The van der Waals surface area contributed by atoms with Gasteiger partial charge in [-0.05, 0) is 26.8 Å². The van der Waals surface area contributed by atoms with E-state index in [1.54, 1.807) is 0 Å². The molecule has 3 rings (SSSR count). The van der Waals surface area contributed by atoms with Crippen LogP contribution in [0.15, 0.2) is 4.52 Å². The summed E-state index contributed by atoms with van der Waals surface area (Å²) in [6.45, 7) is 12.4. The fourth-order valence-electron chi connectivity index (χ4n) is 3.23. The van der Waals surface area contributed by atoms with Crippen molar-refractivity contribution in [3.8, 4) is 0 Å². The van der Waals surface area contributed by atoms with Crippen LogP contribution in [0.5, 0.6) is 0 Å². The van der Waals surface area contributed by atoms with Gasteiger partial charge in [0.2, 0.25) is 5.89 Å². The molecule has 2 aromatic heterocycles. The minimum absolute atomic E-state index is 0. The Balaban J connectivity index is 0.00000225. The molecule has 0 amide bonds. The molecule has 1 aliphatic heterocycles. The maximum Gasteiger partial charge on any atom is 0.231 e. The molecule has 0 spiro atoms. The van der Waals surface area contributed by atoms with Crippen LogP contribution < -0.4 is 5.32 Å². The molecule has 1 N–H and O–H groups in total. The summed E-state index contributed by atoms with van der Waals surface area (Å²) in [5, 5.41) is 12.3. The van der Waals surface area contributed by atoms with Gasteiger partial charge in [0.1, 0.15) is 0 Å². The van der Waals surface area contributed by atoms with Crippen molar-refractivity contribution in [1.82, 2.24) is 30.1 Å².